The number of nitrogens with zero attached hydrogens (tertiary/aromatic N) is 1. The molecular weight excluding hydrogens is 675 g/mol. The maximum atomic E-state index is 2.66. The van der Waals surface area contributed by atoms with Crippen molar-refractivity contribution in [3.8, 4) is 33.4 Å². The van der Waals surface area contributed by atoms with Crippen molar-refractivity contribution in [2.45, 2.75) is 122 Å². The molecule has 6 aromatic carbocycles. The summed E-state index contributed by atoms with van der Waals surface area (Å²) in [6, 6.07) is 48.8. The maximum Gasteiger partial charge on any atom is 0.0543 e. The summed E-state index contributed by atoms with van der Waals surface area (Å²) in [7, 11) is 0. The number of hydrogen-bond donors (Lipinski definition) is 0. The SMILES string of the molecule is CC1(C)CCC(C)(C)c2c(-c3cc4c(cc3N(c3ccc(-c5ccccc5)cc3)c3cccc5c3C(C)(C)CCC5(C)C)C(C)(C)c3ccccc3-4)cccc21. The van der Waals surface area contributed by atoms with Crippen molar-refractivity contribution in [3.63, 3.8) is 0 Å². The molecule has 0 spiro atoms. The molecule has 1 nitrogen and oxygen atoms in total. The Hall–Kier alpha value is -4.88. The molecule has 0 N–H and O–H groups in total. The standard InChI is InChI=1S/C55H59N/c1-51(2)30-32-53(5,6)49-40(21-16-23-44(49)51)42-34-41-39-20-14-15-22-43(39)55(9,10)46(41)35-48(42)56(38-28-26-37(27-29-38)36-18-12-11-13-19-36)47-25-17-24-45-50(47)54(7,8)33-31-52(45,3)4/h11-29,34-35H,30-33H2,1-10H3. The van der Waals surface area contributed by atoms with Crippen LogP contribution in [0.2, 0.25) is 0 Å². The molecule has 6 aromatic rings. The van der Waals surface area contributed by atoms with Crippen LogP contribution in [0, 0.1) is 0 Å². The Kier molecular flexibility index (Phi) is 8.24. The van der Waals surface area contributed by atoms with E-state index in [2.05, 4.69) is 202 Å². The fourth-order valence-corrected chi connectivity index (χ4v) is 10.8. The van der Waals surface area contributed by atoms with E-state index in [1.165, 1.54) is 103 Å². The van der Waals surface area contributed by atoms with E-state index in [0.29, 0.717) is 0 Å². The fraction of sp³-hybridized carbons (Fsp3) is 0.345. The zero-order valence-corrected chi connectivity index (χ0v) is 35.4. The zero-order chi connectivity index (χ0) is 39.4. The summed E-state index contributed by atoms with van der Waals surface area (Å²) in [5, 5.41) is 0. The van der Waals surface area contributed by atoms with Crippen LogP contribution in [-0.2, 0) is 27.1 Å². The number of anilines is 3. The fourth-order valence-electron chi connectivity index (χ4n) is 10.8. The van der Waals surface area contributed by atoms with Crippen molar-refractivity contribution in [2.24, 2.45) is 0 Å². The largest absolute Gasteiger partial charge is 0.310 e. The molecule has 0 saturated carbocycles. The van der Waals surface area contributed by atoms with Crippen molar-refractivity contribution in [2.75, 3.05) is 4.90 Å². The van der Waals surface area contributed by atoms with Crippen LogP contribution in [0.25, 0.3) is 33.4 Å². The number of fused-ring (bicyclic) bond motifs is 5. The van der Waals surface area contributed by atoms with Crippen LogP contribution in [0.1, 0.15) is 128 Å². The normalized spacial score (nSPS) is 19.0. The van der Waals surface area contributed by atoms with E-state index < -0.39 is 0 Å². The van der Waals surface area contributed by atoms with Gasteiger partial charge in [0.15, 0.2) is 0 Å². The molecule has 0 aliphatic heterocycles. The molecular formula is C55H59N. The predicted molar refractivity (Wildman–Crippen MR) is 240 cm³/mol. The van der Waals surface area contributed by atoms with E-state index in [0.717, 1.165) is 6.42 Å². The second kappa shape index (κ2) is 12.6. The Bertz CT molecular complexity index is 2490. The summed E-state index contributed by atoms with van der Waals surface area (Å²) in [6.07, 6.45) is 4.69. The quantitative estimate of drug-likeness (QED) is 0.171. The van der Waals surface area contributed by atoms with Gasteiger partial charge in [-0.2, -0.15) is 0 Å². The van der Waals surface area contributed by atoms with Crippen molar-refractivity contribution < 1.29 is 0 Å². The third-order valence-electron chi connectivity index (χ3n) is 14.4. The van der Waals surface area contributed by atoms with Gasteiger partial charge in [-0.1, -0.05) is 166 Å². The molecule has 9 rings (SSSR count). The predicted octanol–water partition coefficient (Wildman–Crippen LogP) is 15.5. The molecule has 56 heavy (non-hydrogen) atoms. The highest BCUT2D eigenvalue weighted by Gasteiger charge is 2.43. The molecule has 0 atom stereocenters. The molecule has 0 bridgehead atoms. The van der Waals surface area contributed by atoms with Crippen molar-refractivity contribution >= 4 is 17.1 Å². The Balaban J connectivity index is 1.40. The molecule has 284 valence electrons. The van der Waals surface area contributed by atoms with Crippen LogP contribution in [0.5, 0.6) is 0 Å². The monoisotopic (exact) mass is 733 g/mol. The molecule has 3 aliphatic carbocycles. The number of benzene rings is 6. The Morgan fingerprint density at radius 1 is 0.357 bits per heavy atom. The topological polar surface area (TPSA) is 3.24 Å². The Labute approximate surface area is 336 Å². The van der Waals surface area contributed by atoms with Crippen LogP contribution in [0.15, 0.2) is 127 Å². The summed E-state index contributed by atoms with van der Waals surface area (Å²) >= 11 is 0. The number of hydrogen-bond acceptors (Lipinski definition) is 1. The van der Waals surface area contributed by atoms with Crippen LogP contribution >= 0.6 is 0 Å². The summed E-state index contributed by atoms with van der Waals surface area (Å²) in [5.74, 6) is 0. The van der Waals surface area contributed by atoms with Gasteiger partial charge in [-0.15, -0.1) is 0 Å². The highest BCUT2D eigenvalue weighted by atomic mass is 15.1. The van der Waals surface area contributed by atoms with Gasteiger partial charge in [0.25, 0.3) is 0 Å². The van der Waals surface area contributed by atoms with Gasteiger partial charge in [0.05, 0.1) is 11.4 Å². The lowest BCUT2D eigenvalue weighted by Crippen LogP contribution is -2.35. The van der Waals surface area contributed by atoms with Gasteiger partial charge in [0.2, 0.25) is 0 Å². The van der Waals surface area contributed by atoms with E-state index in [-0.39, 0.29) is 27.1 Å². The molecule has 0 heterocycles. The highest BCUT2D eigenvalue weighted by Crippen LogP contribution is 2.58. The summed E-state index contributed by atoms with van der Waals surface area (Å²) < 4.78 is 0. The Morgan fingerprint density at radius 2 is 0.875 bits per heavy atom. The van der Waals surface area contributed by atoms with Crippen LogP contribution < -0.4 is 4.90 Å². The molecule has 0 aromatic heterocycles. The first-order chi connectivity index (χ1) is 26.5. The van der Waals surface area contributed by atoms with Crippen molar-refractivity contribution in [3.05, 3.63) is 161 Å². The lowest BCUT2D eigenvalue weighted by atomic mass is 9.61. The molecule has 0 unspecified atom stereocenters. The first kappa shape index (κ1) is 36.7. The van der Waals surface area contributed by atoms with E-state index in [9.17, 15) is 0 Å². The minimum atomic E-state index is -0.142. The van der Waals surface area contributed by atoms with Gasteiger partial charge in [-0.3, -0.25) is 0 Å². The first-order valence-corrected chi connectivity index (χ1v) is 21.0. The first-order valence-electron chi connectivity index (χ1n) is 21.0. The summed E-state index contributed by atoms with van der Waals surface area (Å²) in [6.45, 7) is 24.6. The van der Waals surface area contributed by atoms with Crippen LogP contribution in [0.4, 0.5) is 17.1 Å². The van der Waals surface area contributed by atoms with E-state index in [4.69, 9.17) is 0 Å². The van der Waals surface area contributed by atoms with Gasteiger partial charge in [0.1, 0.15) is 0 Å². The average molecular weight is 734 g/mol. The minimum absolute atomic E-state index is 0.00794. The molecule has 0 fully saturated rings. The molecule has 1 heteroatoms. The zero-order valence-electron chi connectivity index (χ0n) is 35.4. The smallest absolute Gasteiger partial charge is 0.0543 e. The number of rotatable bonds is 5. The van der Waals surface area contributed by atoms with Gasteiger partial charge in [0, 0.05) is 16.7 Å². The lowest BCUT2D eigenvalue weighted by Gasteiger charge is -2.45. The molecule has 0 saturated heterocycles. The van der Waals surface area contributed by atoms with Gasteiger partial charge in [-0.05, 0) is 139 Å². The second-order valence-electron chi connectivity index (χ2n) is 20.3. The van der Waals surface area contributed by atoms with Crippen molar-refractivity contribution in [1.82, 2.24) is 0 Å². The summed E-state index contributed by atoms with van der Waals surface area (Å²) in [5.41, 5.74) is 20.5. The van der Waals surface area contributed by atoms with Crippen LogP contribution in [-0.4, -0.2) is 0 Å². The molecule has 0 radical (unpaired) electrons. The van der Waals surface area contributed by atoms with E-state index >= 15 is 0 Å². The van der Waals surface area contributed by atoms with Crippen molar-refractivity contribution in [1.29, 1.82) is 0 Å². The van der Waals surface area contributed by atoms with E-state index in [1.807, 2.05) is 0 Å². The van der Waals surface area contributed by atoms with Crippen LogP contribution in [0.3, 0.4) is 0 Å². The van der Waals surface area contributed by atoms with Gasteiger partial charge < -0.3 is 4.90 Å². The van der Waals surface area contributed by atoms with Gasteiger partial charge in [-0.25, -0.2) is 0 Å². The Morgan fingerprint density at radius 3 is 1.55 bits per heavy atom. The maximum absolute atomic E-state index is 2.66. The van der Waals surface area contributed by atoms with Gasteiger partial charge >= 0.3 is 0 Å². The third kappa shape index (κ3) is 5.63. The van der Waals surface area contributed by atoms with E-state index in [1.54, 1.807) is 0 Å². The average Bonchev–Trinajstić information content (AvgIpc) is 3.41. The lowest BCUT2D eigenvalue weighted by molar-refractivity contribution is 0.332. The molecule has 3 aliphatic rings. The highest BCUT2D eigenvalue weighted by molar-refractivity contribution is 5.96. The minimum Gasteiger partial charge on any atom is -0.310 e. The third-order valence-corrected chi connectivity index (χ3v) is 14.4. The summed E-state index contributed by atoms with van der Waals surface area (Å²) in [4.78, 5) is 2.66. The second-order valence-corrected chi connectivity index (χ2v) is 20.3. The molecule has 0 amide bonds.